The third-order valence-corrected chi connectivity index (χ3v) is 2.46. The van der Waals surface area contributed by atoms with Crippen molar-refractivity contribution in [1.29, 1.82) is 5.26 Å². The third-order valence-electron chi connectivity index (χ3n) is 2.46. The average molecular weight is 246 g/mol. The molecule has 0 aliphatic carbocycles. The molecule has 0 aromatic heterocycles. The van der Waals surface area contributed by atoms with Crippen LogP contribution in [0.1, 0.15) is 22.8 Å². The Morgan fingerprint density at radius 3 is 2.83 bits per heavy atom. The highest BCUT2D eigenvalue weighted by atomic mass is 16.4. The maximum atomic E-state index is 11.7. The van der Waals surface area contributed by atoms with Crippen LogP contribution >= 0.6 is 0 Å². The number of nitriles is 1. The fourth-order valence-corrected chi connectivity index (χ4v) is 1.35. The lowest BCUT2D eigenvalue weighted by molar-refractivity contribution is -0.140. The first-order chi connectivity index (χ1) is 8.54. The molecule has 1 unspecified atom stereocenters. The zero-order chi connectivity index (χ0) is 13.5. The molecule has 1 rings (SSSR count). The molecule has 5 nitrogen and oxygen atoms in total. The number of hydrogen-bond donors (Lipinski definition) is 2. The second kappa shape index (κ2) is 6.40. The van der Waals surface area contributed by atoms with Crippen molar-refractivity contribution < 1.29 is 14.7 Å². The highest BCUT2D eigenvalue weighted by molar-refractivity contribution is 5.94. The molecule has 1 amide bonds. The minimum absolute atomic E-state index is 0.0800. The molecule has 1 aromatic rings. The highest BCUT2D eigenvalue weighted by Gasteiger charge is 2.13. The zero-order valence-corrected chi connectivity index (χ0v) is 10.0. The number of aliphatic carboxylic acids is 1. The first-order valence-electron chi connectivity index (χ1n) is 5.51. The standard InChI is InChI=1S/C13H14N2O3/c1-9(13(17)18)8-15-12(16)11-4-2-3-10(7-11)5-6-14/h2-4,7,9H,5,8H2,1H3,(H,15,16)(H,17,18). The van der Waals surface area contributed by atoms with E-state index in [1.165, 1.54) is 6.92 Å². The average Bonchev–Trinajstić information content (AvgIpc) is 2.36. The molecule has 0 heterocycles. The van der Waals surface area contributed by atoms with E-state index in [-0.39, 0.29) is 18.9 Å². The van der Waals surface area contributed by atoms with Crippen molar-refractivity contribution in [3.63, 3.8) is 0 Å². The monoisotopic (exact) mass is 246 g/mol. The van der Waals surface area contributed by atoms with E-state index in [1.54, 1.807) is 24.3 Å². The maximum absolute atomic E-state index is 11.7. The van der Waals surface area contributed by atoms with E-state index in [0.717, 1.165) is 5.56 Å². The van der Waals surface area contributed by atoms with Crippen molar-refractivity contribution in [3.05, 3.63) is 35.4 Å². The molecule has 0 saturated heterocycles. The van der Waals surface area contributed by atoms with Gasteiger partial charge in [0, 0.05) is 12.1 Å². The molecular formula is C13H14N2O3. The van der Waals surface area contributed by atoms with Gasteiger partial charge in [-0.25, -0.2) is 0 Å². The molecule has 0 aliphatic rings. The molecule has 0 saturated carbocycles. The summed E-state index contributed by atoms with van der Waals surface area (Å²) in [6.45, 7) is 1.60. The summed E-state index contributed by atoms with van der Waals surface area (Å²) in [5.74, 6) is -1.91. The lowest BCUT2D eigenvalue weighted by Gasteiger charge is -2.08. The van der Waals surface area contributed by atoms with Gasteiger partial charge in [-0.3, -0.25) is 9.59 Å². The Hall–Kier alpha value is -2.35. The Morgan fingerprint density at radius 2 is 2.22 bits per heavy atom. The molecule has 5 heteroatoms. The Balaban J connectivity index is 2.64. The molecule has 0 bridgehead atoms. The van der Waals surface area contributed by atoms with Gasteiger partial charge in [0.1, 0.15) is 0 Å². The smallest absolute Gasteiger partial charge is 0.308 e. The highest BCUT2D eigenvalue weighted by Crippen LogP contribution is 2.06. The van der Waals surface area contributed by atoms with Crippen LogP contribution in [0.25, 0.3) is 0 Å². The summed E-state index contributed by atoms with van der Waals surface area (Å²) < 4.78 is 0. The van der Waals surface area contributed by atoms with Gasteiger partial charge in [-0.1, -0.05) is 19.1 Å². The molecule has 1 aromatic carbocycles. The van der Waals surface area contributed by atoms with Crippen LogP contribution in [0.4, 0.5) is 0 Å². The molecule has 94 valence electrons. The Morgan fingerprint density at radius 1 is 1.50 bits per heavy atom. The normalized spacial score (nSPS) is 11.3. The lowest BCUT2D eigenvalue weighted by Crippen LogP contribution is -2.31. The number of amides is 1. The number of nitrogens with one attached hydrogen (secondary N) is 1. The van der Waals surface area contributed by atoms with Crippen molar-refractivity contribution >= 4 is 11.9 Å². The van der Waals surface area contributed by atoms with Crippen LogP contribution in [0.2, 0.25) is 0 Å². The van der Waals surface area contributed by atoms with Gasteiger partial charge in [-0.05, 0) is 17.7 Å². The molecule has 0 radical (unpaired) electrons. The molecule has 0 spiro atoms. The van der Waals surface area contributed by atoms with E-state index in [0.29, 0.717) is 5.56 Å². The number of carboxylic acid groups (broad SMARTS) is 1. The van der Waals surface area contributed by atoms with Crippen LogP contribution in [0, 0.1) is 17.2 Å². The Kier molecular flexibility index (Phi) is 4.88. The molecule has 2 N–H and O–H groups in total. The number of carboxylic acids is 1. The molecule has 0 aliphatic heterocycles. The van der Waals surface area contributed by atoms with Gasteiger partial charge in [0.2, 0.25) is 0 Å². The Labute approximate surface area is 105 Å². The van der Waals surface area contributed by atoms with E-state index in [9.17, 15) is 9.59 Å². The van der Waals surface area contributed by atoms with Crippen molar-refractivity contribution in [1.82, 2.24) is 5.32 Å². The number of nitrogens with zero attached hydrogens (tertiary/aromatic N) is 1. The third kappa shape index (κ3) is 3.91. The summed E-state index contributed by atoms with van der Waals surface area (Å²) >= 11 is 0. The summed E-state index contributed by atoms with van der Waals surface area (Å²) in [5, 5.41) is 19.8. The summed E-state index contributed by atoms with van der Waals surface area (Å²) in [6, 6.07) is 8.72. The molecule has 1 atom stereocenters. The first kappa shape index (κ1) is 13.7. The van der Waals surface area contributed by atoms with Crippen molar-refractivity contribution in [2.45, 2.75) is 13.3 Å². The first-order valence-corrected chi connectivity index (χ1v) is 5.51. The molecule has 0 fully saturated rings. The summed E-state index contributed by atoms with van der Waals surface area (Å²) in [4.78, 5) is 22.3. The number of rotatable bonds is 5. The van der Waals surface area contributed by atoms with Crippen LogP contribution in [-0.2, 0) is 11.2 Å². The number of benzene rings is 1. The second-order valence-corrected chi connectivity index (χ2v) is 3.98. The van der Waals surface area contributed by atoms with E-state index in [2.05, 4.69) is 5.32 Å². The van der Waals surface area contributed by atoms with Gasteiger partial charge in [-0.2, -0.15) is 5.26 Å². The fourth-order valence-electron chi connectivity index (χ4n) is 1.35. The number of hydrogen-bond acceptors (Lipinski definition) is 3. The SMILES string of the molecule is CC(CNC(=O)c1cccc(CC#N)c1)C(=O)O. The summed E-state index contributed by atoms with van der Waals surface area (Å²) in [7, 11) is 0. The zero-order valence-electron chi connectivity index (χ0n) is 10.0. The molecular weight excluding hydrogens is 232 g/mol. The van der Waals surface area contributed by atoms with Crippen LogP contribution in [0.15, 0.2) is 24.3 Å². The van der Waals surface area contributed by atoms with E-state index in [4.69, 9.17) is 10.4 Å². The van der Waals surface area contributed by atoms with Gasteiger partial charge in [0.25, 0.3) is 5.91 Å². The largest absolute Gasteiger partial charge is 0.481 e. The maximum Gasteiger partial charge on any atom is 0.308 e. The van der Waals surface area contributed by atoms with Crippen molar-refractivity contribution in [2.75, 3.05) is 6.54 Å². The van der Waals surface area contributed by atoms with Gasteiger partial charge >= 0.3 is 5.97 Å². The fraction of sp³-hybridized carbons (Fsp3) is 0.308. The summed E-state index contributed by atoms with van der Waals surface area (Å²) in [5.41, 5.74) is 1.19. The minimum atomic E-state index is -0.950. The lowest BCUT2D eigenvalue weighted by atomic mass is 10.1. The predicted molar refractivity (Wildman–Crippen MR) is 64.9 cm³/mol. The van der Waals surface area contributed by atoms with Crippen molar-refractivity contribution in [2.24, 2.45) is 5.92 Å². The van der Waals surface area contributed by atoms with Crippen LogP contribution in [-0.4, -0.2) is 23.5 Å². The molecule has 18 heavy (non-hydrogen) atoms. The van der Waals surface area contributed by atoms with Crippen LogP contribution in [0.3, 0.4) is 0 Å². The van der Waals surface area contributed by atoms with Gasteiger partial charge in [0.15, 0.2) is 0 Å². The minimum Gasteiger partial charge on any atom is -0.481 e. The van der Waals surface area contributed by atoms with E-state index < -0.39 is 11.9 Å². The second-order valence-electron chi connectivity index (χ2n) is 3.98. The summed E-state index contributed by atoms with van der Waals surface area (Å²) in [6.07, 6.45) is 0.243. The van der Waals surface area contributed by atoms with E-state index in [1.807, 2.05) is 6.07 Å². The number of carbonyl (C=O) groups is 2. The van der Waals surface area contributed by atoms with Gasteiger partial charge in [-0.15, -0.1) is 0 Å². The van der Waals surface area contributed by atoms with Crippen LogP contribution in [0.5, 0.6) is 0 Å². The Bertz CT molecular complexity index is 491. The number of carbonyl (C=O) groups excluding carboxylic acids is 1. The van der Waals surface area contributed by atoms with Crippen molar-refractivity contribution in [3.8, 4) is 6.07 Å². The van der Waals surface area contributed by atoms with E-state index >= 15 is 0 Å². The predicted octanol–water partition coefficient (Wildman–Crippen LogP) is 1.20. The van der Waals surface area contributed by atoms with Gasteiger partial charge < -0.3 is 10.4 Å². The van der Waals surface area contributed by atoms with Crippen LogP contribution < -0.4 is 5.32 Å². The van der Waals surface area contributed by atoms with Gasteiger partial charge in [0.05, 0.1) is 18.4 Å². The topological polar surface area (TPSA) is 90.2 Å². The quantitative estimate of drug-likeness (QED) is 0.816.